The number of ether oxygens (including phenoxy) is 2. The average molecular weight is 299 g/mol. The molecule has 11 nitrogen and oxygen atoms in total. The molecule has 0 fully saturated rings. The molecule has 11 heteroatoms. The molecular formula is C10H9N3O8. The van der Waals surface area contributed by atoms with Gasteiger partial charge in [-0.15, -0.1) is 0 Å². The number of nitro groups is 3. The predicted molar refractivity (Wildman–Crippen MR) is 66.6 cm³/mol. The first-order valence-corrected chi connectivity index (χ1v) is 5.83. The van der Waals surface area contributed by atoms with Crippen LogP contribution in [0.1, 0.15) is 12.8 Å². The number of nitrogens with zero attached hydrogens (tertiary/aromatic N) is 3. The second kappa shape index (κ2) is 5.56. The lowest BCUT2D eigenvalue weighted by molar-refractivity contribution is -0.425. The maximum Gasteiger partial charge on any atom is 0.391 e. The van der Waals surface area contributed by atoms with Crippen LogP contribution in [0.3, 0.4) is 0 Å². The van der Waals surface area contributed by atoms with Gasteiger partial charge in [0.2, 0.25) is 5.75 Å². The smallest absolute Gasteiger partial charge is 0.391 e. The minimum atomic E-state index is -1.06. The van der Waals surface area contributed by atoms with Crippen molar-refractivity contribution in [1.82, 2.24) is 0 Å². The molecule has 1 aromatic carbocycles. The van der Waals surface area contributed by atoms with E-state index in [9.17, 15) is 30.3 Å². The summed E-state index contributed by atoms with van der Waals surface area (Å²) in [7, 11) is 0. The average Bonchev–Trinajstić information content (AvgIpc) is 2.36. The molecule has 0 N–H and O–H groups in total. The Bertz CT molecular complexity index is 629. The van der Waals surface area contributed by atoms with Crippen LogP contribution in [0, 0.1) is 30.3 Å². The SMILES string of the molecule is O=[N+]([O-])c1cc([N+](=O)[O-])c([N+](=O)[O-])c2c1OCCCCO2. The van der Waals surface area contributed by atoms with Crippen molar-refractivity contribution in [3.8, 4) is 11.5 Å². The lowest BCUT2D eigenvalue weighted by atomic mass is 10.2. The monoisotopic (exact) mass is 299 g/mol. The molecule has 1 aliphatic rings. The van der Waals surface area contributed by atoms with Crippen molar-refractivity contribution < 1.29 is 24.2 Å². The van der Waals surface area contributed by atoms with Crippen molar-refractivity contribution in [1.29, 1.82) is 0 Å². The zero-order valence-electron chi connectivity index (χ0n) is 10.5. The Morgan fingerprint density at radius 1 is 0.810 bits per heavy atom. The quantitative estimate of drug-likeness (QED) is 0.607. The van der Waals surface area contributed by atoms with Crippen molar-refractivity contribution in [2.75, 3.05) is 13.2 Å². The molecule has 1 aromatic rings. The number of hydrogen-bond donors (Lipinski definition) is 0. The number of nitro benzene ring substituents is 3. The third kappa shape index (κ3) is 2.66. The fourth-order valence-electron chi connectivity index (χ4n) is 1.88. The first kappa shape index (κ1) is 14.4. The van der Waals surface area contributed by atoms with Crippen LogP contribution < -0.4 is 9.47 Å². The molecule has 0 spiro atoms. The van der Waals surface area contributed by atoms with Crippen LogP contribution in [0.4, 0.5) is 17.1 Å². The van der Waals surface area contributed by atoms with Gasteiger partial charge in [-0.25, -0.2) is 0 Å². The molecule has 0 radical (unpaired) electrons. The summed E-state index contributed by atoms with van der Waals surface area (Å²) in [4.78, 5) is 30.0. The Morgan fingerprint density at radius 3 is 1.81 bits per heavy atom. The number of fused-ring (bicyclic) bond motifs is 1. The number of rotatable bonds is 3. The van der Waals surface area contributed by atoms with Crippen LogP contribution in [0.5, 0.6) is 11.5 Å². The van der Waals surface area contributed by atoms with Crippen LogP contribution >= 0.6 is 0 Å². The van der Waals surface area contributed by atoms with Gasteiger partial charge in [0.25, 0.3) is 5.75 Å². The van der Waals surface area contributed by atoms with Gasteiger partial charge in [-0.3, -0.25) is 30.3 Å². The zero-order chi connectivity index (χ0) is 15.6. The van der Waals surface area contributed by atoms with Gasteiger partial charge < -0.3 is 9.47 Å². The summed E-state index contributed by atoms with van der Waals surface area (Å²) in [5.41, 5.74) is -2.68. The highest BCUT2D eigenvalue weighted by molar-refractivity contribution is 5.74. The van der Waals surface area contributed by atoms with Crippen molar-refractivity contribution in [2.24, 2.45) is 0 Å². The summed E-state index contributed by atoms with van der Waals surface area (Å²) in [5.74, 6) is -1.02. The highest BCUT2D eigenvalue weighted by atomic mass is 16.6. The van der Waals surface area contributed by atoms with E-state index in [1.54, 1.807) is 0 Å². The third-order valence-corrected chi connectivity index (χ3v) is 2.78. The minimum absolute atomic E-state index is 0.0511. The van der Waals surface area contributed by atoms with Crippen LogP contribution in [0.15, 0.2) is 6.07 Å². The van der Waals surface area contributed by atoms with E-state index in [0.29, 0.717) is 18.9 Å². The van der Waals surface area contributed by atoms with E-state index >= 15 is 0 Å². The molecular weight excluding hydrogens is 290 g/mol. The molecule has 1 aliphatic heterocycles. The molecule has 0 atom stereocenters. The first-order chi connectivity index (χ1) is 9.93. The topological polar surface area (TPSA) is 148 Å². The summed E-state index contributed by atoms with van der Waals surface area (Å²) in [6.07, 6.45) is 1.05. The molecule has 0 saturated carbocycles. The van der Waals surface area contributed by atoms with Crippen molar-refractivity contribution in [3.63, 3.8) is 0 Å². The molecule has 0 aromatic heterocycles. The van der Waals surface area contributed by atoms with Gasteiger partial charge in [0.05, 0.1) is 28.0 Å². The maximum atomic E-state index is 11.1. The molecule has 0 bridgehead atoms. The summed E-state index contributed by atoms with van der Waals surface area (Å²) in [6.45, 7) is 0.154. The van der Waals surface area contributed by atoms with Crippen LogP contribution in [0.25, 0.3) is 0 Å². The van der Waals surface area contributed by atoms with E-state index in [0.717, 1.165) is 0 Å². The van der Waals surface area contributed by atoms with Gasteiger partial charge in [-0.1, -0.05) is 0 Å². The van der Waals surface area contributed by atoms with Gasteiger partial charge >= 0.3 is 17.1 Å². The zero-order valence-corrected chi connectivity index (χ0v) is 10.5. The molecule has 0 amide bonds. The third-order valence-electron chi connectivity index (χ3n) is 2.78. The van der Waals surface area contributed by atoms with Gasteiger partial charge in [-0.2, -0.15) is 0 Å². The van der Waals surface area contributed by atoms with Crippen molar-refractivity contribution in [3.05, 3.63) is 36.4 Å². The van der Waals surface area contributed by atoms with Gasteiger partial charge in [0, 0.05) is 0 Å². The Balaban J connectivity index is 2.79. The molecule has 21 heavy (non-hydrogen) atoms. The van der Waals surface area contributed by atoms with Gasteiger partial charge in [0.15, 0.2) is 0 Å². The van der Waals surface area contributed by atoms with Crippen LogP contribution in [0.2, 0.25) is 0 Å². The second-order valence-corrected chi connectivity index (χ2v) is 4.10. The van der Waals surface area contributed by atoms with E-state index in [4.69, 9.17) is 9.47 Å². The Kier molecular flexibility index (Phi) is 3.82. The van der Waals surface area contributed by atoms with Crippen molar-refractivity contribution >= 4 is 17.1 Å². The summed E-state index contributed by atoms with van der Waals surface area (Å²) in [6, 6.07) is 0.516. The first-order valence-electron chi connectivity index (χ1n) is 5.83. The molecule has 112 valence electrons. The normalized spacial score (nSPS) is 13.9. The summed E-state index contributed by atoms with van der Waals surface area (Å²) < 4.78 is 10.3. The highest BCUT2D eigenvalue weighted by Crippen LogP contribution is 2.49. The van der Waals surface area contributed by atoms with E-state index in [2.05, 4.69) is 0 Å². The lowest BCUT2D eigenvalue weighted by Gasteiger charge is -2.15. The molecule has 0 aliphatic carbocycles. The molecule has 0 saturated heterocycles. The van der Waals surface area contributed by atoms with E-state index in [1.807, 2.05) is 0 Å². The van der Waals surface area contributed by atoms with Crippen molar-refractivity contribution in [2.45, 2.75) is 12.8 Å². The highest BCUT2D eigenvalue weighted by Gasteiger charge is 2.40. The Labute approximate surface area is 116 Å². The Hall–Kier alpha value is -2.98. The van der Waals surface area contributed by atoms with Crippen LogP contribution in [-0.2, 0) is 0 Å². The number of hydrogen-bond acceptors (Lipinski definition) is 8. The molecule has 2 rings (SSSR count). The second-order valence-electron chi connectivity index (χ2n) is 4.10. The molecule has 0 unspecified atom stereocenters. The van der Waals surface area contributed by atoms with E-state index < -0.39 is 43.3 Å². The summed E-state index contributed by atoms with van der Waals surface area (Å²) >= 11 is 0. The van der Waals surface area contributed by atoms with E-state index in [-0.39, 0.29) is 13.2 Å². The fourth-order valence-corrected chi connectivity index (χ4v) is 1.88. The Morgan fingerprint density at radius 2 is 1.33 bits per heavy atom. The van der Waals surface area contributed by atoms with E-state index in [1.165, 1.54) is 0 Å². The maximum absolute atomic E-state index is 11.1. The standard InChI is InChI=1S/C10H9N3O8/c14-11(15)6-5-7(12(16)17)9-10(8(6)13(18)19)21-4-2-1-3-20-9/h5H,1-4H2. The molecule has 1 heterocycles. The lowest BCUT2D eigenvalue weighted by Crippen LogP contribution is -2.12. The van der Waals surface area contributed by atoms with Gasteiger partial charge in [0.1, 0.15) is 6.07 Å². The predicted octanol–water partition coefficient (Wildman–Crippen LogP) is 1.96. The van der Waals surface area contributed by atoms with Crippen LogP contribution in [-0.4, -0.2) is 28.0 Å². The minimum Gasteiger partial charge on any atom is -0.484 e. The number of benzene rings is 1. The fraction of sp³-hybridized carbons (Fsp3) is 0.400. The largest absolute Gasteiger partial charge is 0.484 e. The summed E-state index contributed by atoms with van der Waals surface area (Å²) in [5, 5.41) is 33.0. The van der Waals surface area contributed by atoms with Gasteiger partial charge in [-0.05, 0) is 12.8 Å².